The van der Waals surface area contributed by atoms with Gasteiger partial charge in [-0.3, -0.25) is 0 Å². The Hall–Kier alpha value is -5.58. The zero-order chi connectivity index (χ0) is 32.8. The number of benzene rings is 6. The minimum atomic E-state index is 0.115. The minimum absolute atomic E-state index is 0.115. The molecule has 4 heteroatoms. The van der Waals surface area contributed by atoms with Gasteiger partial charge < -0.3 is 4.42 Å². The van der Waals surface area contributed by atoms with Crippen LogP contribution in [0.1, 0.15) is 43.2 Å². The molecule has 1 saturated carbocycles. The number of rotatable bonds is 3. The maximum absolute atomic E-state index is 6.89. The van der Waals surface area contributed by atoms with Crippen LogP contribution in [0.5, 0.6) is 0 Å². The van der Waals surface area contributed by atoms with Crippen molar-refractivity contribution < 1.29 is 4.42 Å². The summed E-state index contributed by atoms with van der Waals surface area (Å²) in [4.78, 5) is 10.4. The Morgan fingerprint density at radius 2 is 1.30 bits per heavy atom. The van der Waals surface area contributed by atoms with Crippen LogP contribution < -0.4 is 0 Å². The van der Waals surface area contributed by atoms with Gasteiger partial charge in [0.2, 0.25) is 0 Å². The topological polar surface area (TPSA) is 38.9 Å². The third-order valence-electron chi connectivity index (χ3n) is 11.3. The summed E-state index contributed by atoms with van der Waals surface area (Å²) >= 11 is 1.76. The van der Waals surface area contributed by atoms with Gasteiger partial charge in [0.1, 0.15) is 11.2 Å². The SMILES string of the molecule is c1ccc(-c2nc(-c3ccc4c(c3)oc3c(-c5cccc6c5-c5ccccc5C65CCCCC5)cccc34)nc3c2sc2ccccc23)cc1. The fourth-order valence-electron chi connectivity index (χ4n) is 9.08. The lowest BCUT2D eigenvalue weighted by molar-refractivity contribution is 0.353. The third kappa shape index (κ3) is 3.97. The summed E-state index contributed by atoms with van der Waals surface area (Å²) in [7, 11) is 0. The summed E-state index contributed by atoms with van der Waals surface area (Å²) in [6.07, 6.45) is 6.34. The molecular weight excluding hydrogens is 629 g/mol. The number of hydrogen-bond donors (Lipinski definition) is 0. The number of fused-ring (bicyclic) bond motifs is 11. The van der Waals surface area contributed by atoms with Gasteiger partial charge in [-0.2, -0.15) is 0 Å². The molecule has 11 rings (SSSR count). The van der Waals surface area contributed by atoms with E-state index in [0.717, 1.165) is 59.9 Å². The van der Waals surface area contributed by atoms with Crippen LogP contribution in [-0.2, 0) is 5.41 Å². The van der Waals surface area contributed by atoms with Crippen LogP contribution in [0.3, 0.4) is 0 Å². The van der Waals surface area contributed by atoms with E-state index in [1.165, 1.54) is 64.6 Å². The van der Waals surface area contributed by atoms with Crippen LogP contribution in [-0.4, -0.2) is 9.97 Å². The van der Waals surface area contributed by atoms with E-state index in [4.69, 9.17) is 14.4 Å². The Bertz CT molecular complexity index is 2800. The lowest BCUT2D eigenvalue weighted by Gasteiger charge is -2.36. The highest BCUT2D eigenvalue weighted by Gasteiger charge is 2.44. The third-order valence-corrected chi connectivity index (χ3v) is 12.5. The molecule has 9 aromatic rings. The second kappa shape index (κ2) is 10.7. The standard InChI is InChI=1S/C46H32N2OS/c1-3-13-28(14-4-1)41-44-42(35-16-6-8-22-39(35)50-44)48-45(47-41)29-23-24-30-32-18-11-19-33(43(32)49-38(30)27-29)31-17-12-21-37-40(31)34-15-5-7-20-36(34)46(37)25-9-2-10-26-46/h1,3-8,11-24,27H,2,9-10,25-26H2. The largest absolute Gasteiger partial charge is 0.455 e. The number of thiophene rings is 1. The highest BCUT2D eigenvalue weighted by Crippen LogP contribution is 2.58. The maximum atomic E-state index is 6.89. The van der Waals surface area contributed by atoms with Crippen LogP contribution in [0.2, 0.25) is 0 Å². The van der Waals surface area contributed by atoms with E-state index in [0.29, 0.717) is 5.82 Å². The molecule has 3 heterocycles. The first-order valence-corrected chi connectivity index (χ1v) is 18.5. The van der Waals surface area contributed by atoms with Gasteiger partial charge in [0.15, 0.2) is 5.82 Å². The molecule has 3 nitrogen and oxygen atoms in total. The molecule has 238 valence electrons. The van der Waals surface area contributed by atoms with Gasteiger partial charge >= 0.3 is 0 Å². The monoisotopic (exact) mass is 660 g/mol. The van der Waals surface area contributed by atoms with E-state index in [-0.39, 0.29) is 5.41 Å². The molecule has 2 aliphatic rings. The fourth-order valence-corrected chi connectivity index (χ4v) is 10.2. The van der Waals surface area contributed by atoms with Crippen LogP contribution in [0.15, 0.2) is 138 Å². The van der Waals surface area contributed by atoms with Crippen molar-refractivity contribution in [3.8, 4) is 44.9 Å². The Kier molecular flexibility index (Phi) is 6.06. The van der Waals surface area contributed by atoms with Crippen molar-refractivity contribution in [1.82, 2.24) is 9.97 Å². The van der Waals surface area contributed by atoms with Gasteiger partial charge in [-0.05, 0) is 58.9 Å². The van der Waals surface area contributed by atoms with Crippen molar-refractivity contribution in [3.63, 3.8) is 0 Å². The molecule has 0 amide bonds. The number of nitrogens with zero attached hydrogens (tertiary/aromatic N) is 2. The fraction of sp³-hybridized carbons (Fsp3) is 0.130. The second-order valence-corrected chi connectivity index (χ2v) is 15.0. The number of aromatic nitrogens is 2. The van der Waals surface area contributed by atoms with Crippen molar-refractivity contribution in [2.24, 2.45) is 0 Å². The Balaban J connectivity index is 1.10. The highest BCUT2D eigenvalue weighted by atomic mass is 32.1. The summed E-state index contributed by atoms with van der Waals surface area (Å²) in [6.45, 7) is 0. The molecule has 0 N–H and O–H groups in total. The average Bonchev–Trinajstić information content (AvgIpc) is 3.83. The quantitative estimate of drug-likeness (QED) is 0.189. The van der Waals surface area contributed by atoms with E-state index in [1.54, 1.807) is 11.3 Å². The normalized spacial score (nSPS) is 15.0. The molecule has 6 aromatic carbocycles. The number of furan rings is 1. The van der Waals surface area contributed by atoms with E-state index in [2.05, 4.69) is 127 Å². The molecule has 0 atom stereocenters. The van der Waals surface area contributed by atoms with Crippen molar-refractivity contribution in [1.29, 1.82) is 0 Å². The van der Waals surface area contributed by atoms with Crippen LogP contribution in [0.4, 0.5) is 0 Å². The summed E-state index contributed by atoms with van der Waals surface area (Å²) in [5, 5.41) is 3.40. The first-order chi connectivity index (χ1) is 24.8. The lowest BCUT2D eigenvalue weighted by Crippen LogP contribution is -2.27. The molecule has 0 bridgehead atoms. The number of para-hydroxylation sites is 1. The zero-order valence-electron chi connectivity index (χ0n) is 27.4. The van der Waals surface area contributed by atoms with Gasteiger partial charge in [-0.15, -0.1) is 11.3 Å². The summed E-state index contributed by atoms with van der Waals surface area (Å²) in [5.41, 5.74) is 14.1. The Morgan fingerprint density at radius 3 is 2.22 bits per heavy atom. The molecular formula is C46H32N2OS. The van der Waals surface area contributed by atoms with E-state index < -0.39 is 0 Å². The first-order valence-electron chi connectivity index (χ1n) is 17.7. The summed E-state index contributed by atoms with van der Waals surface area (Å²) in [6, 6.07) is 48.2. The van der Waals surface area contributed by atoms with Gasteiger partial charge in [0.25, 0.3) is 0 Å². The molecule has 0 aliphatic heterocycles. The van der Waals surface area contributed by atoms with E-state index in [9.17, 15) is 0 Å². The predicted molar refractivity (Wildman–Crippen MR) is 208 cm³/mol. The predicted octanol–water partition coefficient (Wildman–Crippen LogP) is 13.0. The van der Waals surface area contributed by atoms with E-state index in [1.807, 2.05) is 6.07 Å². The Morgan fingerprint density at radius 1 is 0.560 bits per heavy atom. The average molecular weight is 661 g/mol. The highest BCUT2D eigenvalue weighted by molar-refractivity contribution is 7.26. The molecule has 0 radical (unpaired) electrons. The van der Waals surface area contributed by atoms with Crippen molar-refractivity contribution in [2.45, 2.75) is 37.5 Å². The van der Waals surface area contributed by atoms with Gasteiger partial charge in [-0.1, -0.05) is 135 Å². The molecule has 3 aromatic heterocycles. The summed E-state index contributed by atoms with van der Waals surface area (Å²) in [5.74, 6) is 0.706. The summed E-state index contributed by atoms with van der Waals surface area (Å²) < 4.78 is 9.22. The molecule has 1 fully saturated rings. The van der Waals surface area contributed by atoms with Crippen LogP contribution in [0, 0.1) is 0 Å². The van der Waals surface area contributed by atoms with Gasteiger partial charge in [-0.25, -0.2) is 9.97 Å². The lowest BCUT2D eigenvalue weighted by atomic mass is 9.68. The van der Waals surface area contributed by atoms with Gasteiger partial charge in [0, 0.05) is 43.0 Å². The van der Waals surface area contributed by atoms with Crippen molar-refractivity contribution >= 4 is 53.6 Å². The minimum Gasteiger partial charge on any atom is -0.455 e. The van der Waals surface area contributed by atoms with Crippen molar-refractivity contribution in [2.75, 3.05) is 0 Å². The number of hydrogen-bond acceptors (Lipinski definition) is 4. The van der Waals surface area contributed by atoms with Gasteiger partial charge in [0.05, 0.1) is 15.9 Å². The van der Waals surface area contributed by atoms with Crippen LogP contribution in [0.25, 0.3) is 87.1 Å². The molecule has 0 saturated heterocycles. The zero-order valence-corrected chi connectivity index (χ0v) is 28.3. The second-order valence-electron chi connectivity index (χ2n) is 13.9. The molecule has 2 aliphatic carbocycles. The first kappa shape index (κ1) is 28.3. The van der Waals surface area contributed by atoms with Crippen LogP contribution >= 0.6 is 11.3 Å². The molecule has 50 heavy (non-hydrogen) atoms. The van der Waals surface area contributed by atoms with Crippen molar-refractivity contribution in [3.05, 3.63) is 145 Å². The maximum Gasteiger partial charge on any atom is 0.160 e. The molecule has 0 unspecified atom stereocenters. The smallest absolute Gasteiger partial charge is 0.160 e. The molecule has 1 spiro atoms. The Labute approximate surface area is 293 Å². The van der Waals surface area contributed by atoms with E-state index >= 15 is 0 Å².